The Kier molecular flexibility index (Phi) is 2.28. The minimum Gasteiger partial charge on any atom is -0.310 e. The average molecular weight is 201 g/mol. The molecular weight excluding hydrogens is 182 g/mol. The summed E-state index contributed by atoms with van der Waals surface area (Å²) in [7, 11) is 0. The van der Waals surface area contributed by atoms with Gasteiger partial charge in [0.25, 0.3) is 0 Å². The summed E-state index contributed by atoms with van der Waals surface area (Å²) in [5.41, 5.74) is 3.07. The number of benzene rings is 1. The van der Waals surface area contributed by atoms with Crippen molar-refractivity contribution in [3.63, 3.8) is 0 Å². The molecule has 1 N–H and O–H groups in total. The molecule has 1 aromatic rings. The molecule has 2 fully saturated rings. The van der Waals surface area contributed by atoms with E-state index in [2.05, 4.69) is 36.5 Å². The van der Waals surface area contributed by atoms with Gasteiger partial charge in [-0.2, -0.15) is 0 Å². The molecule has 0 bridgehead atoms. The van der Waals surface area contributed by atoms with Crippen LogP contribution in [0.25, 0.3) is 0 Å². The third-order valence-corrected chi connectivity index (χ3v) is 3.85. The maximum Gasteiger partial charge on any atom is 0.0346 e. The first kappa shape index (κ1) is 9.41. The van der Waals surface area contributed by atoms with Gasteiger partial charge in [0, 0.05) is 6.04 Å². The predicted octanol–water partition coefficient (Wildman–Crippen LogP) is 3.23. The molecule has 2 unspecified atom stereocenters. The molecule has 0 aromatic heterocycles. The van der Waals surface area contributed by atoms with Crippen molar-refractivity contribution in [3.8, 4) is 0 Å². The number of rotatable bonds is 2. The first-order chi connectivity index (χ1) is 7.34. The van der Waals surface area contributed by atoms with Crippen molar-refractivity contribution in [1.29, 1.82) is 0 Å². The molecule has 1 aliphatic heterocycles. The Balaban J connectivity index is 1.87. The van der Waals surface area contributed by atoms with Gasteiger partial charge >= 0.3 is 0 Å². The molecule has 80 valence electrons. The summed E-state index contributed by atoms with van der Waals surface area (Å²) in [6.45, 7) is 3.54. The highest BCUT2D eigenvalue weighted by atomic mass is 14.9. The second-order valence-electron chi connectivity index (χ2n) is 5.14. The lowest BCUT2D eigenvalue weighted by Gasteiger charge is -2.16. The van der Waals surface area contributed by atoms with E-state index in [1.807, 2.05) is 0 Å². The number of hydrogen-bond donors (Lipinski definition) is 1. The van der Waals surface area contributed by atoms with Crippen LogP contribution in [0.1, 0.15) is 49.3 Å². The van der Waals surface area contributed by atoms with E-state index in [9.17, 15) is 0 Å². The van der Waals surface area contributed by atoms with Crippen LogP contribution >= 0.6 is 0 Å². The highest BCUT2D eigenvalue weighted by molar-refractivity contribution is 5.31. The predicted molar refractivity (Wildman–Crippen MR) is 62.9 cm³/mol. The summed E-state index contributed by atoms with van der Waals surface area (Å²) < 4.78 is 0. The summed E-state index contributed by atoms with van der Waals surface area (Å²) >= 11 is 0. The molecule has 2 aliphatic rings. The molecule has 1 aliphatic carbocycles. The van der Waals surface area contributed by atoms with Crippen molar-refractivity contribution in [1.82, 2.24) is 5.32 Å². The summed E-state index contributed by atoms with van der Waals surface area (Å²) in [6.07, 6.45) is 4.12. The molecule has 1 heterocycles. The van der Waals surface area contributed by atoms with E-state index < -0.39 is 0 Å². The van der Waals surface area contributed by atoms with Gasteiger partial charge in [-0.05, 0) is 48.8 Å². The Morgan fingerprint density at radius 2 is 1.93 bits per heavy atom. The Morgan fingerprint density at radius 1 is 1.13 bits per heavy atom. The van der Waals surface area contributed by atoms with Crippen LogP contribution in [0.2, 0.25) is 0 Å². The standard InChI is InChI=1S/C14H19N/c1-10-7-8-15-14(10)13-4-2-3-12(9-13)11-5-6-11/h2-4,9-11,14-15H,5-8H2,1H3. The van der Waals surface area contributed by atoms with Gasteiger partial charge in [0.1, 0.15) is 0 Å². The molecule has 1 saturated carbocycles. The van der Waals surface area contributed by atoms with E-state index in [1.165, 1.54) is 31.4 Å². The van der Waals surface area contributed by atoms with Gasteiger partial charge in [0.05, 0.1) is 0 Å². The van der Waals surface area contributed by atoms with Crippen LogP contribution in [0.4, 0.5) is 0 Å². The van der Waals surface area contributed by atoms with Gasteiger partial charge < -0.3 is 5.32 Å². The third kappa shape index (κ3) is 1.81. The molecule has 1 heteroatoms. The third-order valence-electron chi connectivity index (χ3n) is 3.85. The zero-order valence-corrected chi connectivity index (χ0v) is 9.37. The quantitative estimate of drug-likeness (QED) is 0.774. The van der Waals surface area contributed by atoms with Crippen LogP contribution in [0.3, 0.4) is 0 Å². The maximum atomic E-state index is 3.61. The highest BCUT2D eigenvalue weighted by Gasteiger charge is 2.27. The zero-order chi connectivity index (χ0) is 10.3. The molecular formula is C14H19N. The lowest BCUT2D eigenvalue weighted by atomic mass is 9.94. The monoisotopic (exact) mass is 201 g/mol. The van der Waals surface area contributed by atoms with Crippen LogP contribution in [0.15, 0.2) is 24.3 Å². The summed E-state index contributed by atoms with van der Waals surface area (Å²) in [5.74, 6) is 1.67. The smallest absolute Gasteiger partial charge is 0.0346 e. The van der Waals surface area contributed by atoms with Gasteiger partial charge in [-0.15, -0.1) is 0 Å². The van der Waals surface area contributed by atoms with Gasteiger partial charge in [-0.1, -0.05) is 31.2 Å². The second kappa shape index (κ2) is 3.64. The van der Waals surface area contributed by atoms with E-state index in [-0.39, 0.29) is 0 Å². The first-order valence-electron chi connectivity index (χ1n) is 6.18. The Labute approximate surface area is 91.9 Å². The molecule has 1 aromatic carbocycles. The van der Waals surface area contributed by atoms with E-state index in [0.29, 0.717) is 6.04 Å². The van der Waals surface area contributed by atoms with Crippen molar-refractivity contribution in [2.45, 2.75) is 38.1 Å². The number of nitrogens with one attached hydrogen (secondary N) is 1. The second-order valence-corrected chi connectivity index (χ2v) is 5.14. The molecule has 1 nitrogen and oxygen atoms in total. The fourth-order valence-corrected chi connectivity index (χ4v) is 2.70. The molecule has 0 amide bonds. The van der Waals surface area contributed by atoms with Gasteiger partial charge in [0.15, 0.2) is 0 Å². The van der Waals surface area contributed by atoms with Crippen LogP contribution in [-0.4, -0.2) is 6.54 Å². The van der Waals surface area contributed by atoms with Crippen molar-refractivity contribution in [2.24, 2.45) is 5.92 Å². The fraction of sp³-hybridized carbons (Fsp3) is 0.571. The summed E-state index contributed by atoms with van der Waals surface area (Å²) in [5, 5.41) is 3.61. The molecule has 2 atom stereocenters. The largest absolute Gasteiger partial charge is 0.310 e. The summed E-state index contributed by atoms with van der Waals surface area (Å²) in [6, 6.07) is 9.84. The van der Waals surface area contributed by atoms with E-state index in [0.717, 1.165) is 11.8 Å². The van der Waals surface area contributed by atoms with Gasteiger partial charge in [0.2, 0.25) is 0 Å². The lowest BCUT2D eigenvalue weighted by Crippen LogP contribution is -2.16. The van der Waals surface area contributed by atoms with E-state index in [1.54, 1.807) is 5.56 Å². The molecule has 3 rings (SSSR count). The Morgan fingerprint density at radius 3 is 2.60 bits per heavy atom. The Bertz CT molecular complexity index is 354. The van der Waals surface area contributed by atoms with E-state index >= 15 is 0 Å². The molecule has 0 radical (unpaired) electrons. The van der Waals surface area contributed by atoms with Crippen molar-refractivity contribution < 1.29 is 0 Å². The topological polar surface area (TPSA) is 12.0 Å². The van der Waals surface area contributed by atoms with Crippen molar-refractivity contribution >= 4 is 0 Å². The highest BCUT2D eigenvalue weighted by Crippen LogP contribution is 2.41. The minimum absolute atomic E-state index is 0.601. The minimum atomic E-state index is 0.601. The van der Waals surface area contributed by atoms with Crippen LogP contribution in [-0.2, 0) is 0 Å². The average Bonchev–Trinajstić information content (AvgIpc) is 3.02. The Hall–Kier alpha value is -0.820. The van der Waals surface area contributed by atoms with Crippen LogP contribution in [0.5, 0.6) is 0 Å². The maximum absolute atomic E-state index is 3.61. The summed E-state index contributed by atoms with van der Waals surface area (Å²) in [4.78, 5) is 0. The molecule has 0 spiro atoms. The lowest BCUT2D eigenvalue weighted by molar-refractivity contribution is 0.503. The molecule has 15 heavy (non-hydrogen) atoms. The van der Waals surface area contributed by atoms with E-state index in [4.69, 9.17) is 0 Å². The van der Waals surface area contributed by atoms with Gasteiger partial charge in [-0.3, -0.25) is 0 Å². The normalized spacial score (nSPS) is 30.7. The SMILES string of the molecule is CC1CCNC1c1cccc(C2CC2)c1. The first-order valence-corrected chi connectivity index (χ1v) is 6.18. The van der Waals surface area contributed by atoms with Crippen LogP contribution in [0, 0.1) is 5.92 Å². The van der Waals surface area contributed by atoms with Gasteiger partial charge in [-0.25, -0.2) is 0 Å². The molecule has 1 saturated heterocycles. The van der Waals surface area contributed by atoms with Crippen LogP contribution < -0.4 is 5.32 Å². The zero-order valence-electron chi connectivity index (χ0n) is 9.37. The van der Waals surface area contributed by atoms with Crippen molar-refractivity contribution in [2.75, 3.05) is 6.54 Å². The van der Waals surface area contributed by atoms with Crippen molar-refractivity contribution in [3.05, 3.63) is 35.4 Å². The number of hydrogen-bond acceptors (Lipinski definition) is 1. The fourth-order valence-electron chi connectivity index (χ4n) is 2.70.